The molecule has 3 rings (SSSR count). The van der Waals surface area contributed by atoms with E-state index in [0.29, 0.717) is 5.92 Å². The monoisotopic (exact) mass is 337 g/mol. The number of hydrogen-bond acceptors (Lipinski definition) is 7. The maximum atomic E-state index is 4.61. The minimum atomic E-state index is 0.715. The first-order chi connectivity index (χ1) is 10.7. The van der Waals surface area contributed by atoms with E-state index < -0.39 is 0 Å². The molecule has 22 heavy (non-hydrogen) atoms. The lowest BCUT2D eigenvalue weighted by molar-refractivity contribution is 0.281. The number of nitrogens with zero attached hydrogens (tertiary/aromatic N) is 5. The van der Waals surface area contributed by atoms with Crippen LogP contribution in [0.5, 0.6) is 0 Å². The largest absolute Gasteiger partial charge is 0.347 e. The van der Waals surface area contributed by atoms with Crippen LogP contribution in [0, 0.1) is 12.8 Å². The Hall–Kier alpha value is -1.05. The summed E-state index contributed by atoms with van der Waals surface area (Å²) in [6.45, 7) is 8.55. The van der Waals surface area contributed by atoms with E-state index in [9.17, 15) is 0 Å². The van der Waals surface area contributed by atoms with E-state index in [1.54, 1.807) is 22.9 Å². The quantitative estimate of drug-likeness (QED) is 0.811. The molecule has 1 saturated heterocycles. The van der Waals surface area contributed by atoms with Crippen LogP contribution < -0.4 is 4.90 Å². The first-order valence-corrected chi connectivity index (χ1v) is 9.46. The van der Waals surface area contributed by atoms with E-state index in [4.69, 9.17) is 0 Å². The van der Waals surface area contributed by atoms with Gasteiger partial charge in [-0.05, 0) is 26.3 Å². The van der Waals surface area contributed by atoms with Crippen molar-refractivity contribution in [3.8, 4) is 0 Å². The van der Waals surface area contributed by atoms with Crippen LogP contribution in [-0.4, -0.2) is 45.9 Å². The molecule has 3 heterocycles. The Morgan fingerprint density at radius 3 is 3.00 bits per heavy atom. The average Bonchev–Trinajstić information content (AvgIpc) is 3.20. The highest BCUT2D eigenvalue weighted by molar-refractivity contribution is 7.10. The van der Waals surface area contributed by atoms with Gasteiger partial charge in [-0.3, -0.25) is 0 Å². The summed E-state index contributed by atoms with van der Waals surface area (Å²) >= 11 is 3.30. The van der Waals surface area contributed by atoms with Crippen molar-refractivity contribution in [1.82, 2.24) is 19.2 Å². The molecule has 1 aliphatic heterocycles. The van der Waals surface area contributed by atoms with Crippen LogP contribution in [0.2, 0.25) is 0 Å². The van der Waals surface area contributed by atoms with Gasteiger partial charge in [0.15, 0.2) is 0 Å². The molecule has 0 aromatic carbocycles. The molecule has 0 radical (unpaired) electrons. The Kier molecular flexibility index (Phi) is 5.05. The van der Waals surface area contributed by atoms with E-state index in [0.717, 1.165) is 43.6 Å². The summed E-state index contributed by atoms with van der Waals surface area (Å²) in [6.07, 6.45) is 2.16. The SMILES string of the molecule is CCc1nsc(N2CC[C@H](CN(C)Cc3scnc3C)C2)n1. The van der Waals surface area contributed by atoms with Crippen molar-refractivity contribution in [1.29, 1.82) is 0 Å². The first-order valence-electron chi connectivity index (χ1n) is 7.80. The smallest absolute Gasteiger partial charge is 0.205 e. The molecular weight excluding hydrogens is 314 g/mol. The molecule has 2 aromatic rings. The molecule has 1 aliphatic rings. The molecule has 0 saturated carbocycles. The molecule has 1 fully saturated rings. The van der Waals surface area contributed by atoms with Crippen molar-refractivity contribution in [2.24, 2.45) is 5.92 Å². The minimum Gasteiger partial charge on any atom is -0.347 e. The van der Waals surface area contributed by atoms with Gasteiger partial charge in [0, 0.05) is 49.0 Å². The van der Waals surface area contributed by atoms with E-state index in [1.165, 1.54) is 17.0 Å². The number of thiazole rings is 1. The highest BCUT2D eigenvalue weighted by Gasteiger charge is 2.26. The van der Waals surface area contributed by atoms with Gasteiger partial charge in [-0.15, -0.1) is 11.3 Å². The topological polar surface area (TPSA) is 45.2 Å². The zero-order valence-electron chi connectivity index (χ0n) is 13.4. The van der Waals surface area contributed by atoms with Gasteiger partial charge in [0.05, 0.1) is 11.2 Å². The Balaban J connectivity index is 1.51. The van der Waals surface area contributed by atoms with Crippen LogP contribution in [0.3, 0.4) is 0 Å². The molecular formula is C15H23N5S2. The van der Waals surface area contributed by atoms with Crippen LogP contribution in [0.25, 0.3) is 0 Å². The summed E-state index contributed by atoms with van der Waals surface area (Å²) < 4.78 is 4.40. The normalized spacial score (nSPS) is 18.5. The molecule has 7 heteroatoms. The molecule has 0 N–H and O–H groups in total. The van der Waals surface area contributed by atoms with Crippen LogP contribution >= 0.6 is 22.9 Å². The number of aromatic nitrogens is 3. The molecule has 0 spiro atoms. The van der Waals surface area contributed by atoms with E-state index in [2.05, 4.69) is 45.0 Å². The van der Waals surface area contributed by atoms with Gasteiger partial charge in [0.1, 0.15) is 5.82 Å². The molecule has 0 bridgehead atoms. The van der Waals surface area contributed by atoms with Crippen molar-refractivity contribution in [3.63, 3.8) is 0 Å². The van der Waals surface area contributed by atoms with Crippen molar-refractivity contribution in [2.75, 3.05) is 31.6 Å². The zero-order valence-corrected chi connectivity index (χ0v) is 15.1. The standard InChI is InChI=1S/C15H23N5S2/c1-4-14-17-15(22-18-14)20-6-5-12(8-20)7-19(3)9-13-11(2)16-10-21-13/h10,12H,4-9H2,1-3H3/t12-/m1/s1. The van der Waals surface area contributed by atoms with Gasteiger partial charge in [0.2, 0.25) is 5.13 Å². The number of hydrogen-bond donors (Lipinski definition) is 0. The highest BCUT2D eigenvalue weighted by atomic mass is 32.1. The maximum Gasteiger partial charge on any atom is 0.205 e. The maximum absolute atomic E-state index is 4.61. The molecule has 2 aromatic heterocycles. The zero-order chi connectivity index (χ0) is 15.5. The van der Waals surface area contributed by atoms with Crippen LogP contribution in [0.1, 0.15) is 29.7 Å². The van der Waals surface area contributed by atoms with Gasteiger partial charge in [-0.2, -0.15) is 4.37 Å². The Morgan fingerprint density at radius 1 is 1.45 bits per heavy atom. The molecule has 0 aliphatic carbocycles. The third-order valence-corrected chi connectivity index (χ3v) is 5.89. The van der Waals surface area contributed by atoms with E-state index in [1.807, 2.05) is 5.51 Å². The fraction of sp³-hybridized carbons (Fsp3) is 0.667. The van der Waals surface area contributed by atoms with Gasteiger partial charge >= 0.3 is 0 Å². The predicted octanol–water partition coefficient (Wildman–Crippen LogP) is 2.82. The summed E-state index contributed by atoms with van der Waals surface area (Å²) in [6, 6.07) is 0. The number of anilines is 1. The first kappa shape index (κ1) is 15.8. The second kappa shape index (κ2) is 7.02. The van der Waals surface area contributed by atoms with Crippen LogP contribution in [-0.2, 0) is 13.0 Å². The summed E-state index contributed by atoms with van der Waals surface area (Å²) in [5, 5.41) is 1.10. The second-order valence-corrected chi connectivity index (χ2v) is 7.67. The van der Waals surface area contributed by atoms with Gasteiger partial charge in [0.25, 0.3) is 0 Å². The van der Waals surface area contributed by atoms with Gasteiger partial charge in [-0.25, -0.2) is 9.97 Å². The van der Waals surface area contributed by atoms with Crippen molar-refractivity contribution < 1.29 is 0 Å². The minimum absolute atomic E-state index is 0.715. The Bertz CT molecular complexity index is 609. The van der Waals surface area contributed by atoms with E-state index >= 15 is 0 Å². The van der Waals surface area contributed by atoms with Crippen molar-refractivity contribution in [3.05, 3.63) is 21.9 Å². The third-order valence-electron chi connectivity index (χ3n) is 4.16. The lowest BCUT2D eigenvalue weighted by Crippen LogP contribution is -2.28. The lowest BCUT2D eigenvalue weighted by Gasteiger charge is -2.21. The molecule has 120 valence electrons. The van der Waals surface area contributed by atoms with Crippen LogP contribution in [0.15, 0.2) is 5.51 Å². The summed E-state index contributed by atoms with van der Waals surface area (Å²) in [5.41, 5.74) is 3.11. The molecule has 0 amide bonds. The predicted molar refractivity (Wildman–Crippen MR) is 92.8 cm³/mol. The van der Waals surface area contributed by atoms with Crippen LogP contribution in [0.4, 0.5) is 5.13 Å². The highest BCUT2D eigenvalue weighted by Crippen LogP contribution is 2.26. The summed E-state index contributed by atoms with van der Waals surface area (Å²) in [5.74, 6) is 1.69. The Labute approximate surface area is 140 Å². The van der Waals surface area contributed by atoms with Gasteiger partial charge in [-0.1, -0.05) is 6.92 Å². The molecule has 0 unspecified atom stereocenters. The molecule has 1 atom stereocenters. The second-order valence-electron chi connectivity index (χ2n) is 6.01. The summed E-state index contributed by atoms with van der Waals surface area (Å²) in [4.78, 5) is 15.1. The average molecular weight is 338 g/mol. The third kappa shape index (κ3) is 3.64. The number of aryl methyl sites for hydroxylation is 2. The fourth-order valence-corrected chi connectivity index (χ4v) is 4.54. The fourth-order valence-electron chi connectivity index (χ4n) is 2.90. The lowest BCUT2D eigenvalue weighted by atomic mass is 10.1. The van der Waals surface area contributed by atoms with E-state index in [-0.39, 0.29) is 0 Å². The molecule has 5 nitrogen and oxygen atoms in total. The van der Waals surface area contributed by atoms with Crippen molar-refractivity contribution in [2.45, 2.75) is 33.2 Å². The number of rotatable bonds is 6. The Morgan fingerprint density at radius 2 is 2.32 bits per heavy atom. The summed E-state index contributed by atoms with van der Waals surface area (Å²) in [7, 11) is 2.21. The van der Waals surface area contributed by atoms with Gasteiger partial charge < -0.3 is 9.80 Å². The van der Waals surface area contributed by atoms with Crippen molar-refractivity contribution >= 4 is 28.0 Å².